The number of nitrogens with one attached hydrogen (secondary N) is 1. The Kier molecular flexibility index (Phi) is 6.04. The molecule has 8 heteroatoms. The summed E-state index contributed by atoms with van der Waals surface area (Å²) in [4.78, 5) is 29.7. The molecule has 0 unspecified atom stereocenters. The molecule has 2 amide bonds. The minimum Gasteiger partial charge on any atom is -0.335 e. The number of hydrogen-bond donors (Lipinski definition) is 1. The second-order valence-electron chi connectivity index (χ2n) is 7.27. The number of nitrogens with zero attached hydrogens (tertiary/aromatic N) is 2. The molecule has 5 nitrogen and oxygen atoms in total. The molecule has 1 saturated heterocycles. The molecule has 3 aromatic rings. The Hall–Kier alpha value is -2.48. The summed E-state index contributed by atoms with van der Waals surface area (Å²) in [5.41, 5.74) is 1.28. The SMILES string of the molecule is Cc1c(C(=O)N2CCN(CC(=O)Nc3ccccc3Cl)CC2)sc2cccc(F)c12. The standard InChI is InChI=1S/C22H21ClFN3O2S/c1-14-20-16(24)6-4-8-18(20)30-21(14)22(29)27-11-9-26(10-12-27)13-19(28)25-17-7-3-2-5-15(17)23/h2-8H,9-13H2,1H3,(H,25,28). The fourth-order valence-electron chi connectivity index (χ4n) is 3.67. The maximum atomic E-state index is 14.1. The lowest BCUT2D eigenvalue weighted by Gasteiger charge is -2.34. The summed E-state index contributed by atoms with van der Waals surface area (Å²) in [6.07, 6.45) is 0. The molecule has 4 rings (SSSR count). The Morgan fingerprint density at radius 3 is 2.53 bits per heavy atom. The highest BCUT2D eigenvalue weighted by molar-refractivity contribution is 7.21. The van der Waals surface area contributed by atoms with E-state index in [0.29, 0.717) is 52.7 Å². The number of para-hydroxylation sites is 1. The van der Waals surface area contributed by atoms with Gasteiger partial charge in [0.05, 0.1) is 22.1 Å². The number of benzene rings is 2. The Balaban J connectivity index is 1.36. The van der Waals surface area contributed by atoms with E-state index in [1.54, 1.807) is 36.1 Å². The zero-order chi connectivity index (χ0) is 21.3. The van der Waals surface area contributed by atoms with Gasteiger partial charge in [0.15, 0.2) is 0 Å². The molecular formula is C22H21ClFN3O2S. The predicted molar refractivity (Wildman–Crippen MR) is 119 cm³/mol. The summed E-state index contributed by atoms with van der Waals surface area (Å²) >= 11 is 7.41. The van der Waals surface area contributed by atoms with Crippen molar-refractivity contribution < 1.29 is 14.0 Å². The number of amides is 2. The van der Waals surface area contributed by atoms with Gasteiger partial charge in [-0.25, -0.2) is 4.39 Å². The summed E-state index contributed by atoms with van der Waals surface area (Å²) in [7, 11) is 0. The Labute approximate surface area is 183 Å². The van der Waals surface area contributed by atoms with Crippen LogP contribution in [0.3, 0.4) is 0 Å². The Bertz CT molecular complexity index is 1110. The molecule has 0 spiro atoms. The number of fused-ring (bicyclic) bond motifs is 1. The van der Waals surface area contributed by atoms with Gasteiger partial charge in [-0.3, -0.25) is 14.5 Å². The molecule has 2 heterocycles. The maximum absolute atomic E-state index is 14.1. The van der Waals surface area contributed by atoms with Gasteiger partial charge in [0.25, 0.3) is 5.91 Å². The molecule has 2 aromatic carbocycles. The highest BCUT2D eigenvalue weighted by atomic mass is 35.5. The number of halogens is 2. The monoisotopic (exact) mass is 445 g/mol. The van der Waals surface area contributed by atoms with E-state index in [1.807, 2.05) is 17.0 Å². The second-order valence-corrected chi connectivity index (χ2v) is 8.72. The first kappa shape index (κ1) is 20.8. The van der Waals surface area contributed by atoms with Crippen LogP contribution in [0.15, 0.2) is 42.5 Å². The average molecular weight is 446 g/mol. The van der Waals surface area contributed by atoms with E-state index in [9.17, 15) is 14.0 Å². The fourth-order valence-corrected chi connectivity index (χ4v) is 5.04. The molecule has 0 radical (unpaired) electrons. The first-order valence-electron chi connectivity index (χ1n) is 9.67. The van der Waals surface area contributed by atoms with Gasteiger partial charge in [-0.1, -0.05) is 29.8 Å². The third kappa shape index (κ3) is 4.19. The fraction of sp³-hybridized carbons (Fsp3) is 0.273. The van der Waals surface area contributed by atoms with Crippen LogP contribution in [0, 0.1) is 12.7 Å². The van der Waals surface area contributed by atoms with Crippen molar-refractivity contribution in [3.8, 4) is 0 Å². The van der Waals surface area contributed by atoms with Crippen LogP contribution in [-0.4, -0.2) is 54.3 Å². The van der Waals surface area contributed by atoms with Crippen molar-refractivity contribution in [2.24, 2.45) is 0 Å². The van der Waals surface area contributed by atoms with Gasteiger partial charge in [-0.2, -0.15) is 0 Å². The highest BCUT2D eigenvalue weighted by Crippen LogP contribution is 2.33. The Morgan fingerprint density at radius 2 is 1.83 bits per heavy atom. The minimum atomic E-state index is -0.297. The van der Waals surface area contributed by atoms with Crippen LogP contribution in [0.4, 0.5) is 10.1 Å². The van der Waals surface area contributed by atoms with Crippen molar-refractivity contribution >= 4 is 50.5 Å². The highest BCUT2D eigenvalue weighted by Gasteiger charge is 2.26. The van der Waals surface area contributed by atoms with Gasteiger partial charge in [0.1, 0.15) is 5.82 Å². The number of anilines is 1. The number of carbonyl (C=O) groups is 2. The minimum absolute atomic E-state index is 0.0757. The molecule has 1 fully saturated rings. The van der Waals surface area contributed by atoms with Crippen LogP contribution < -0.4 is 5.32 Å². The summed E-state index contributed by atoms with van der Waals surface area (Å²) in [6, 6.07) is 12.0. The summed E-state index contributed by atoms with van der Waals surface area (Å²) < 4.78 is 14.9. The van der Waals surface area contributed by atoms with Crippen molar-refractivity contribution in [3.05, 3.63) is 63.7 Å². The van der Waals surface area contributed by atoms with Gasteiger partial charge in [0, 0.05) is 36.3 Å². The molecule has 1 aliphatic heterocycles. The second kappa shape index (κ2) is 8.71. The van der Waals surface area contributed by atoms with Crippen LogP contribution in [0.5, 0.6) is 0 Å². The van der Waals surface area contributed by atoms with E-state index >= 15 is 0 Å². The van der Waals surface area contributed by atoms with Crippen LogP contribution in [0.25, 0.3) is 10.1 Å². The van der Waals surface area contributed by atoms with Crippen LogP contribution >= 0.6 is 22.9 Å². The van der Waals surface area contributed by atoms with Crippen molar-refractivity contribution in [1.29, 1.82) is 0 Å². The lowest BCUT2D eigenvalue weighted by atomic mass is 10.1. The zero-order valence-electron chi connectivity index (χ0n) is 16.5. The average Bonchev–Trinajstić information content (AvgIpc) is 3.07. The maximum Gasteiger partial charge on any atom is 0.264 e. The van der Waals surface area contributed by atoms with E-state index in [2.05, 4.69) is 5.32 Å². The molecule has 0 saturated carbocycles. The lowest BCUT2D eigenvalue weighted by Crippen LogP contribution is -2.50. The van der Waals surface area contributed by atoms with Gasteiger partial charge in [0.2, 0.25) is 5.91 Å². The molecule has 1 aromatic heterocycles. The summed E-state index contributed by atoms with van der Waals surface area (Å²) in [5, 5.41) is 3.84. The van der Waals surface area contributed by atoms with Gasteiger partial charge < -0.3 is 10.2 Å². The molecule has 156 valence electrons. The van der Waals surface area contributed by atoms with Gasteiger partial charge in [-0.05, 0) is 36.8 Å². The number of carbonyl (C=O) groups excluding carboxylic acids is 2. The predicted octanol–water partition coefficient (Wildman–Crippen LogP) is 4.40. The van der Waals surface area contributed by atoms with Crippen molar-refractivity contribution in [2.45, 2.75) is 6.92 Å². The third-order valence-corrected chi connectivity index (χ3v) is 6.85. The largest absolute Gasteiger partial charge is 0.335 e. The summed E-state index contributed by atoms with van der Waals surface area (Å²) in [6.45, 7) is 4.27. The first-order valence-corrected chi connectivity index (χ1v) is 10.9. The van der Waals surface area contributed by atoms with Crippen LogP contribution in [0.1, 0.15) is 15.2 Å². The Morgan fingerprint density at radius 1 is 1.10 bits per heavy atom. The van der Waals surface area contributed by atoms with Crippen LogP contribution in [0.2, 0.25) is 5.02 Å². The number of aryl methyl sites for hydroxylation is 1. The van der Waals surface area contributed by atoms with Crippen LogP contribution in [-0.2, 0) is 4.79 Å². The number of rotatable bonds is 4. The van der Waals surface area contributed by atoms with Crippen molar-refractivity contribution in [2.75, 3.05) is 38.0 Å². The zero-order valence-corrected chi connectivity index (χ0v) is 18.0. The molecule has 0 aliphatic carbocycles. The molecule has 0 bridgehead atoms. The summed E-state index contributed by atoms with van der Waals surface area (Å²) in [5.74, 6) is -0.512. The molecular weight excluding hydrogens is 425 g/mol. The number of thiophene rings is 1. The molecule has 1 aliphatic rings. The third-order valence-electron chi connectivity index (χ3n) is 5.27. The number of hydrogen-bond acceptors (Lipinski definition) is 4. The number of piperazine rings is 1. The van der Waals surface area contributed by atoms with E-state index in [4.69, 9.17) is 11.6 Å². The molecule has 30 heavy (non-hydrogen) atoms. The van der Waals surface area contributed by atoms with Crippen molar-refractivity contribution in [1.82, 2.24) is 9.80 Å². The lowest BCUT2D eigenvalue weighted by molar-refractivity contribution is -0.117. The molecule has 1 N–H and O–H groups in total. The quantitative estimate of drug-likeness (QED) is 0.647. The first-order chi connectivity index (χ1) is 14.4. The topological polar surface area (TPSA) is 52.7 Å². The van der Waals surface area contributed by atoms with E-state index in [0.717, 1.165) is 4.70 Å². The van der Waals surface area contributed by atoms with Gasteiger partial charge in [-0.15, -0.1) is 11.3 Å². The van der Waals surface area contributed by atoms with Gasteiger partial charge >= 0.3 is 0 Å². The van der Waals surface area contributed by atoms with E-state index < -0.39 is 0 Å². The van der Waals surface area contributed by atoms with E-state index in [-0.39, 0.29) is 24.2 Å². The smallest absolute Gasteiger partial charge is 0.264 e. The molecule has 0 atom stereocenters. The normalized spacial score (nSPS) is 14.8. The van der Waals surface area contributed by atoms with Crippen molar-refractivity contribution in [3.63, 3.8) is 0 Å². The van der Waals surface area contributed by atoms with E-state index in [1.165, 1.54) is 17.4 Å².